The van der Waals surface area contributed by atoms with Gasteiger partial charge in [-0.2, -0.15) is 0 Å². The molecule has 5 heteroatoms. The zero-order valence-electron chi connectivity index (χ0n) is 10.9. The third-order valence-electron chi connectivity index (χ3n) is 3.62. The van der Waals surface area contributed by atoms with Crippen molar-refractivity contribution in [2.24, 2.45) is 5.41 Å². The molecule has 4 nitrogen and oxygen atoms in total. The van der Waals surface area contributed by atoms with Crippen LogP contribution >= 0.6 is 15.9 Å². The van der Waals surface area contributed by atoms with Gasteiger partial charge in [-0.05, 0) is 42.9 Å². The summed E-state index contributed by atoms with van der Waals surface area (Å²) in [5, 5.41) is 12.6. The van der Waals surface area contributed by atoms with Crippen LogP contribution in [0.4, 0.5) is 0 Å². The number of amides is 1. The topological polar surface area (TPSA) is 58.6 Å². The maximum Gasteiger partial charge on any atom is 0.255 e. The third kappa shape index (κ3) is 3.70. The first-order valence-electron chi connectivity index (χ1n) is 6.32. The van der Waals surface area contributed by atoms with Gasteiger partial charge >= 0.3 is 0 Å². The minimum atomic E-state index is -0.228. The smallest absolute Gasteiger partial charge is 0.255 e. The van der Waals surface area contributed by atoms with Crippen molar-refractivity contribution in [3.05, 3.63) is 28.2 Å². The zero-order chi connectivity index (χ0) is 13.9. The third-order valence-corrected chi connectivity index (χ3v) is 4.12. The predicted molar refractivity (Wildman–Crippen MR) is 76.3 cm³/mol. The number of aromatic hydroxyl groups is 1. The summed E-state index contributed by atoms with van der Waals surface area (Å²) in [7, 11) is 1.69. The molecule has 0 heterocycles. The predicted octanol–water partition coefficient (Wildman–Crippen LogP) is 2.70. The molecule has 0 atom stereocenters. The standard InChI is InChI=1S/C14H18BrNO3/c1-19-7-6-14(4-5-14)9-16-13(18)11-3-2-10(15)8-12(11)17/h2-3,8,17H,4-7,9H2,1H3,(H,16,18). The van der Waals surface area contributed by atoms with E-state index in [0.29, 0.717) is 12.1 Å². The molecule has 1 aliphatic rings. The summed E-state index contributed by atoms with van der Waals surface area (Å²) in [5.74, 6) is -0.234. The summed E-state index contributed by atoms with van der Waals surface area (Å²) in [6, 6.07) is 4.88. The zero-order valence-corrected chi connectivity index (χ0v) is 12.5. The number of hydrogen-bond donors (Lipinski definition) is 2. The molecule has 0 aromatic heterocycles. The van der Waals surface area contributed by atoms with Gasteiger partial charge in [-0.25, -0.2) is 0 Å². The highest BCUT2D eigenvalue weighted by Crippen LogP contribution is 2.48. The van der Waals surface area contributed by atoms with E-state index in [1.165, 1.54) is 6.07 Å². The average molecular weight is 328 g/mol. The Kier molecular flexibility index (Phi) is 4.47. The van der Waals surface area contributed by atoms with Gasteiger partial charge in [0.2, 0.25) is 0 Å². The summed E-state index contributed by atoms with van der Waals surface area (Å²) < 4.78 is 5.83. The molecule has 2 N–H and O–H groups in total. The maximum absolute atomic E-state index is 12.0. The van der Waals surface area contributed by atoms with Crippen LogP contribution in [0.25, 0.3) is 0 Å². The average Bonchev–Trinajstić information content (AvgIpc) is 3.14. The van der Waals surface area contributed by atoms with E-state index in [4.69, 9.17) is 4.74 Å². The molecule has 1 amide bonds. The number of nitrogens with one attached hydrogen (secondary N) is 1. The lowest BCUT2D eigenvalue weighted by Gasteiger charge is -2.15. The van der Waals surface area contributed by atoms with Gasteiger partial charge in [0.05, 0.1) is 5.56 Å². The van der Waals surface area contributed by atoms with E-state index in [1.54, 1.807) is 19.2 Å². The molecule has 104 valence electrons. The number of halogens is 1. The van der Waals surface area contributed by atoms with Crippen LogP contribution < -0.4 is 5.32 Å². The van der Waals surface area contributed by atoms with Gasteiger partial charge in [-0.15, -0.1) is 0 Å². The van der Waals surface area contributed by atoms with Crippen molar-refractivity contribution < 1.29 is 14.6 Å². The second-order valence-corrected chi connectivity index (χ2v) is 6.00. The molecule has 1 aromatic carbocycles. The highest BCUT2D eigenvalue weighted by atomic mass is 79.9. The van der Waals surface area contributed by atoms with E-state index in [9.17, 15) is 9.90 Å². The molecule has 0 saturated heterocycles. The van der Waals surface area contributed by atoms with Gasteiger partial charge < -0.3 is 15.2 Å². The molecule has 0 radical (unpaired) electrons. The highest BCUT2D eigenvalue weighted by Gasteiger charge is 2.42. The van der Waals surface area contributed by atoms with Crippen molar-refractivity contribution in [3.8, 4) is 5.75 Å². The summed E-state index contributed by atoms with van der Waals surface area (Å²) in [6.07, 6.45) is 3.22. The maximum atomic E-state index is 12.0. The van der Waals surface area contributed by atoms with Gasteiger partial charge in [0.1, 0.15) is 5.75 Å². The van der Waals surface area contributed by atoms with E-state index in [0.717, 1.165) is 30.3 Å². The van der Waals surface area contributed by atoms with Crippen LogP contribution in [0, 0.1) is 5.41 Å². The molecule has 1 fully saturated rings. The van der Waals surface area contributed by atoms with E-state index < -0.39 is 0 Å². The monoisotopic (exact) mass is 327 g/mol. The van der Waals surface area contributed by atoms with Gasteiger partial charge in [-0.1, -0.05) is 15.9 Å². The molecule has 1 aromatic rings. The van der Waals surface area contributed by atoms with Crippen LogP contribution in [0.1, 0.15) is 29.6 Å². The summed E-state index contributed by atoms with van der Waals surface area (Å²) in [4.78, 5) is 12.0. The fraction of sp³-hybridized carbons (Fsp3) is 0.500. The number of benzene rings is 1. The van der Waals surface area contributed by atoms with Crippen molar-refractivity contribution in [3.63, 3.8) is 0 Å². The van der Waals surface area contributed by atoms with E-state index in [-0.39, 0.29) is 17.1 Å². The quantitative estimate of drug-likeness (QED) is 0.844. The Labute approximate surface area is 121 Å². The van der Waals surface area contributed by atoms with Crippen molar-refractivity contribution in [2.75, 3.05) is 20.3 Å². The fourth-order valence-electron chi connectivity index (χ4n) is 2.07. The molecule has 0 aliphatic heterocycles. The lowest BCUT2D eigenvalue weighted by molar-refractivity contribution is 0.0935. The number of methoxy groups -OCH3 is 1. The van der Waals surface area contributed by atoms with Crippen LogP contribution in [0.15, 0.2) is 22.7 Å². The van der Waals surface area contributed by atoms with Gasteiger partial charge in [0.15, 0.2) is 0 Å². The number of carbonyl (C=O) groups is 1. The van der Waals surface area contributed by atoms with Gasteiger partial charge in [-0.3, -0.25) is 4.79 Å². The minimum Gasteiger partial charge on any atom is -0.507 e. The lowest BCUT2D eigenvalue weighted by atomic mass is 10.0. The van der Waals surface area contributed by atoms with E-state index >= 15 is 0 Å². The first-order chi connectivity index (χ1) is 9.06. The number of hydrogen-bond acceptors (Lipinski definition) is 3. The van der Waals surface area contributed by atoms with Crippen LogP contribution in [0.5, 0.6) is 5.75 Å². The molecule has 19 heavy (non-hydrogen) atoms. The lowest BCUT2D eigenvalue weighted by Crippen LogP contribution is -2.30. The molecular weight excluding hydrogens is 310 g/mol. The van der Waals surface area contributed by atoms with Gasteiger partial charge in [0, 0.05) is 24.7 Å². The summed E-state index contributed by atoms with van der Waals surface area (Å²) >= 11 is 3.25. The first kappa shape index (κ1) is 14.3. The molecule has 0 spiro atoms. The van der Waals surface area contributed by atoms with E-state index in [2.05, 4.69) is 21.2 Å². The molecule has 0 bridgehead atoms. The number of ether oxygens (including phenoxy) is 1. The normalized spacial score (nSPS) is 16.1. The molecular formula is C14H18BrNO3. The van der Waals surface area contributed by atoms with Crippen LogP contribution in [0.2, 0.25) is 0 Å². The fourth-order valence-corrected chi connectivity index (χ4v) is 2.42. The van der Waals surface area contributed by atoms with Crippen molar-refractivity contribution in [1.82, 2.24) is 5.32 Å². The summed E-state index contributed by atoms with van der Waals surface area (Å²) in [6.45, 7) is 1.37. The Morgan fingerprint density at radius 2 is 2.26 bits per heavy atom. The van der Waals surface area contributed by atoms with Crippen LogP contribution in [-0.4, -0.2) is 31.3 Å². The first-order valence-corrected chi connectivity index (χ1v) is 7.11. The molecule has 1 aliphatic carbocycles. The number of carbonyl (C=O) groups excluding carboxylic acids is 1. The van der Waals surface area contributed by atoms with E-state index in [1.807, 2.05) is 0 Å². The van der Waals surface area contributed by atoms with Gasteiger partial charge in [0.25, 0.3) is 5.91 Å². The molecule has 0 unspecified atom stereocenters. The number of phenolic OH excluding ortho intramolecular Hbond substituents is 1. The molecule has 2 rings (SSSR count). The second-order valence-electron chi connectivity index (χ2n) is 5.09. The SMILES string of the molecule is COCCC1(CNC(=O)c2ccc(Br)cc2O)CC1. The largest absolute Gasteiger partial charge is 0.507 e. The highest BCUT2D eigenvalue weighted by molar-refractivity contribution is 9.10. The Bertz CT molecular complexity index is 472. The molecule has 1 saturated carbocycles. The van der Waals surface area contributed by atoms with Crippen molar-refractivity contribution >= 4 is 21.8 Å². The summed E-state index contributed by atoms with van der Waals surface area (Å²) in [5.41, 5.74) is 0.516. The minimum absolute atomic E-state index is 0.00591. The van der Waals surface area contributed by atoms with Crippen LogP contribution in [0.3, 0.4) is 0 Å². The Morgan fingerprint density at radius 3 is 2.84 bits per heavy atom. The Morgan fingerprint density at radius 1 is 1.53 bits per heavy atom. The Balaban J connectivity index is 1.91. The number of phenols is 1. The number of rotatable bonds is 6. The van der Waals surface area contributed by atoms with Crippen molar-refractivity contribution in [2.45, 2.75) is 19.3 Å². The second kappa shape index (κ2) is 5.92. The van der Waals surface area contributed by atoms with Crippen molar-refractivity contribution in [1.29, 1.82) is 0 Å². The Hall–Kier alpha value is -1.07. The van der Waals surface area contributed by atoms with Crippen LogP contribution in [-0.2, 0) is 4.74 Å².